The van der Waals surface area contributed by atoms with Gasteiger partial charge in [0.05, 0.1) is 23.6 Å². The number of benzene rings is 1. The molecule has 1 unspecified atom stereocenters. The molecule has 0 saturated carbocycles. The smallest absolute Gasteiger partial charge is 0.339 e. The molecule has 0 fully saturated rings. The highest BCUT2D eigenvalue weighted by Gasteiger charge is 2.18. The van der Waals surface area contributed by atoms with E-state index in [4.69, 9.17) is 14.7 Å². The molecule has 1 aromatic carbocycles. The van der Waals surface area contributed by atoms with Gasteiger partial charge in [0.1, 0.15) is 22.8 Å². The van der Waals surface area contributed by atoms with Gasteiger partial charge in [-0.15, -0.1) is 0 Å². The number of carbonyl (C=O) groups is 1. The second-order valence-electron chi connectivity index (χ2n) is 8.36. The number of carbonyl (C=O) groups excluding carboxylic acids is 1. The van der Waals surface area contributed by atoms with E-state index < -0.39 is 5.97 Å². The van der Waals surface area contributed by atoms with Gasteiger partial charge in [0.15, 0.2) is 0 Å². The Kier molecular flexibility index (Phi) is 6.32. The summed E-state index contributed by atoms with van der Waals surface area (Å²) in [4.78, 5) is 31.6. The van der Waals surface area contributed by atoms with E-state index in [0.29, 0.717) is 29.4 Å². The van der Waals surface area contributed by atoms with Crippen LogP contribution < -0.4 is 5.32 Å². The molecule has 4 rings (SSSR count). The van der Waals surface area contributed by atoms with E-state index in [1.54, 1.807) is 6.07 Å². The first-order valence-corrected chi connectivity index (χ1v) is 10.6. The van der Waals surface area contributed by atoms with Crippen molar-refractivity contribution in [3.8, 4) is 0 Å². The van der Waals surface area contributed by atoms with E-state index in [-0.39, 0.29) is 0 Å². The van der Waals surface area contributed by atoms with Gasteiger partial charge in [0.2, 0.25) is 0 Å². The number of H-pyrrole nitrogens is 1. The second-order valence-corrected chi connectivity index (χ2v) is 8.36. The number of esters is 1. The van der Waals surface area contributed by atoms with Crippen LogP contribution in [-0.4, -0.2) is 65.1 Å². The zero-order valence-electron chi connectivity index (χ0n) is 18.8. The van der Waals surface area contributed by atoms with Crippen LogP contribution in [0.2, 0.25) is 0 Å². The van der Waals surface area contributed by atoms with Gasteiger partial charge in [-0.25, -0.2) is 14.8 Å². The number of ether oxygens (including phenoxy) is 1. The van der Waals surface area contributed by atoms with Crippen molar-refractivity contribution < 1.29 is 9.53 Å². The molecule has 0 bridgehead atoms. The van der Waals surface area contributed by atoms with Crippen molar-refractivity contribution in [3.63, 3.8) is 0 Å². The zero-order chi connectivity index (χ0) is 22.7. The number of fused-ring (bicyclic) bond motifs is 3. The fourth-order valence-electron chi connectivity index (χ4n) is 3.88. The van der Waals surface area contributed by atoms with Crippen molar-refractivity contribution >= 4 is 33.9 Å². The summed E-state index contributed by atoms with van der Waals surface area (Å²) in [7, 11) is 5.50. The van der Waals surface area contributed by atoms with E-state index in [9.17, 15) is 4.79 Å². The Hall–Kier alpha value is -3.52. The largest absolute Gasteiger partial charge is 0.465 e. The SMILES string of the molecule is COC(=O)c1cnc2c(c1)[nH]c1nc(Cc3ccccc3)nc(NCC(C)CN(C)C)c12. The quantitative estimate of drug-likeness (QED) is 0.412. The van der Waals surface area contributed by atoms with Gasteiger partial charge in [-0.05, 0) is 31.6 Å². The van der Waals surface area contributed by atoms with Gasteiger partial charge in [0.25, 0.3) is 0 Å². The monoisotopic (exact) mass is 432 g/mol. The minimum Gasteiger partial charge on any atom is -0.465 e. The summed E-state index contributed by atoms with van der Waals surface area (Å²) in [5.41, 5.74) is 3.66. The molecule has 2 N–H and O–H groups in total. The highest BCUT2D eigenvalue weighted by Crippen LogP contribution is 2.29. The molecule has 8 nitrogen and oxygen atoms in total. The van der Waals surface area contributed by atoms with E-state index in [1.807, 2.05) is 18.2 Å². The molecular formula is C24H28N6O2. The summed E-state index contributed by atoms with van der Waals surface area (Å²) < 4.78 is 4.83. The van der Waals surface area contributed by atoms with Crippen molar-refractivity contribution in [1.82, 2.24) is 24.8 Å². The topological polar surface area (TPSA) is 96.0 Å². The lowest BCUT2D eigenvalue weighted by molar-refractivity contribution is 0.0600. The zero-order valence-corrected chi connectivity index (χ0v) is 18.8. The number of aromatic nitrogens is 4. The number of anilines is 1. The van der Waals surface area contributed by atoms with Crippen molar-refractivity contribution in [3.05, 3.63) is 59.5 Å². The van der Waals surface area contributed by atoms with Crippen LogP contribution in [-0.2, 0) is 11.2 Å². The summed E-state index contributed by atoms with van der Waals surface area (Å²) in [6.45, 7) is 3.93. The molecule has 8 heteroatoms. The fraction of sp³-hybridized carbons (Fsp3) is 0.333. The summed E-state index contributed by atoms with van der Waals surface area (Å²) in [6, 6.07) is 11.9. The Balaban J connectivity index is 1.77. The Morgan fingerprint density at radius 1 is 1.22 bits per heavy atom. The minimum absolute atomic E-state index is 0.387. The number of hydrogen-bond donors (Lipinski definition) is 2. The van der Waals surface area contributed by atoms with Gasteiger partial charge in [-0.2, -0.15) is 0 Å². The molecule has 3 heterocycles. The third-order valence-corrected chi connectivity index (χ3v) is 5.25. The number of hydrogen-bond acceptors (Lipinski definition) is 7. The van der Waals surface area contributed by atoms with Crippen LogP contribution in [0.5, 0.6) is 0 Å². The lowest BCUT2D eigenvalue weighted by Gasteiger charge is -2.18. The number of methoxy groups -OCH3 is 1. The van der Waals surface area contributed by atoms with E-state index in [0.717, 1.165) is 40.9 Å². The van der Waals surface area contributed by atoms with Crippen molar-refractivity contribution in [2.75, 3.05) is 39.6 Å². The van der Waals surface area contributed by atoms with Gasteiger partial charge in [-0.1, -0.05) is 37.3 Å². The van der Waals surface area contributed by atoms with Crippen LogP contribution in [0.15, 0.2) is 42.6 Å². The number of rotatable bonds is 8. The molecule has 1 atom stereocenters. The average Bonchev–Trinajstić information content (AvgIpc) is 3.14. The van der Waals surface area contributed by atoms with Crippen LogP contribution in [0.25, 0.3) is 22.1 Å². The molecule has 4 aromatic rings. The van der Waals surface area contributed by atoms with E-state index in [2.05, 4.69) is 53.3 Å². The molecule has 166 valence electrons. The average molecular weight is 433 g/mol. The standard InChI is InChI=1S/C24H28N6O2/c1-15(14-30(2)3)12-26-22-20-21-18(11-17(13-25-21)24(31)32-4)27-23(20)29-19(28-22)10-16-8-6-5-7-9-16/h5-9,11,13,15H,10,12,14H2,1-4H3,(H2,26,27,28,29). The first-order valence-electron chi connectivity index (χ1n) is 10.6. The first kappa shape index (κ1) is 21.7. The number of nitrogens with zero attached hydrogens (tertiary/aromatic N) is 4. The van der Waals surface area contributed by atoms with E-state index >= 15 is 0 Å². The maximum Gasteiger partial charge on any atom is 0.339 e. The first-order chi connectivity index (χ1) is 15.4. The maximum absolute atomic E-state index is 11.9. The molecule has 0 aliphatic rings. The Labute approximate surface area is 187 Å². The summed E-state index contributed by atoms with van der Waals surface area (Å²) >= 11 is 0. The summed E-state index contributed by atoms with van der Waals surface area (Å²) in [5.74, 6) is 1.46. The number of pyridine rings is 1. The van der Waals surface area contributed by atoms with Gasteiger partial charge < -0.3 is 19.9 Å². The Morgan fingerprint density at radius 2 is 2.00 bits per heavy atom. The lowest BCUT2D eigenvalue weighted by Crippen LogP contribution is -2.25. The van der Waals surface area contributed by atoms with Crippen LogP contribution in [0.4, 0.5) is 5.82 Å². The summed E-state index contributed by atoms with van der Waals surface area (Å²) in [6.07, 6.45) is 2.15. The molecular weight excluding hydrogens is 404 g/mol. The number of nitrogens with one attached hydrogen (secondary N) is 2. The van der Waals surface area contributed by atoms with Crippen LogP contribution in [0.3, 0.4) is 0 Å². The normalized spacial score (nSPS) is 12.4. The van der Waals surface area contributed by atoms with Crippen molar-refractivity contribution in [1.29, 1.82) is 0 Å². The third kappa shape index (κ3) is 4.70. The van der Waals surface area contributed by atoms with Crippen molar-refractivity contribution in [2.45, 2.75) is 13.3 Å². The van der Waals surface area contributed by atoms with Crippen LogP contribution in [0, 0.1) is 5.92 Å². The van der Waals surface area contributed by atoms with Crippen molar-refractivity contribution in [2.24, 2.45) is 5.92 Å². The van der Waals surface area contributed by atoms with E-state index in [1.165, 1.54) is 13.3 Å². The Bertz CT molecular complexity index is 1240. The van der Waals surface area contributed by atoms with Crippen LogP contribution >= 0.6 is 0 Å². The maximum atomic E-state index is 11.9. The molecule has 0 saturated heterocycles. The Morgan fingerprint density at radius 3 is 2.72 bits per heavy atom. The highest BCUT2D eigenvalue weighted by molar-refractivity contribution is 6.10. The van der Waals surface area contributed by atoms with Gasteiger partial charge in [0, 0.05) is 25.7 Å². The summed E-state index contributed by atoms with van der Waals surface area (Å²) in [5, 5.41) is 4.34. The molecule has 0 spiro atoms. The molecule has 3 aromatic heterocycles. The van der Waals surface area contributed by atoms with Gasteiger partial charge >= 0.3 is 5.97 Å². The molecule has 0 aliphatic heterocycles. The fourth-order valence-corrected chi connectivity index (χ4v) is 3.88. The predicted molar refractivity (Wildman–Crippen MR) is 126 cm³/mol. The molecule has 0 aliphatic carbocycles. The molecule has 0 amide bonds. The highest BCUT2D eigenvalue weighted by atomic mass is 16.5. The predicted octanol–water partition coefficient (Wildman–Crippen LogP) is 3.49. The van der Waals surface area contributed by atoms with Gasteiger partial charge in [-0.3, -0.25) is 4.98 Å². The lowest BCUT2D eigenvalue weighted by atomic mass is 10.1. The minimum atomic E-state index is -0.426. The second kappa shape index (κ2) is 9.32. The third-order valence-electron chi connectivity index (χ3n) is 5.25. The molecule has 32 heavy (non-hydrogen) atoms. The van der Waals surface area contributed by atoms with Crippen LogP contribution in [0.1, 0.15) is 28.7 Å². The number of aromatic amines is 1. The molecule has 0 radical (unpaired) electrons.